The average Bonchev–Trinajstić information content (AvgIpc) is 2.68. The van der Waals surface area contributed by atoms with E-state index in [4.69, 9.17) is 14.2 Å². The molecule has 0 aliphatic carbocycles. The minimum atomic E-state index is -0.548. The fraction of sp³-hybridized carbons (Fsp3) is 0.409. The van der Waals surface area contributed by atoms with E-state index in [2.05, 4.69) is 5.32 Å². The van der Waals surface area contributed by atoms with Gasteiger partial charge in [-0.2, -0.15) is 0 Å². The van der Waals surface area contributed by atoms with Crippen molar-refractivity contribution in [2.45, 2.75) is 46.3 Å². The van der Waals surface area contributed by atoms with Gasteiger partial charge in [0.1, 0.15) is 5.75 Å². The highest BCUT2D eigenvalue weighted by atomic mass is 16.5. The van der Waals surface area contributed by atoms with Gasteiger partial charge in [0, 0.05) is 0 Å². The number of rotatable bonds is 8. The van der Waals surface area contributed by atoms with Crippen molar-refractivity contribution in [1.29, 1.82) is 0 Å². The Morgan fingerprint density at radius 1 is 1.04 bits per heavy atom. The van der Waals surface area contributed by atoms with Crippen LogP contribution < -0.4 is 19.5 Å². The van der Waals surface area contributed by atoms with Crippen LogP contribution in [0.25, 0.3) is 0 Å². The summed E-state index contributed by atoms with van der Waals surface area (Å²) in [5, 5.41) is 3.03. The summed E-state index contributed by atoms with van der Waals surface area (Å²) in [7, 11) is 3.19. The maximum Gasteiger partial charge on any atom is 0.261 e. The van der Waals surface area contributed by atoms with E-state index in [1.54, 1.807) is 14.2 Å². The van der Waals surface area contributed by atoms with Crippen LogP contribution in [-0.2, 0) is 4.79 Å². The minimum absolute atomic E-state index is 0.138. The van der Waals surface area contributed by atoms with Crippen LogP contribution in [0.4, 0.5) is 0 Å². The predicted molar refractivity (Wildman–Crippen MR) is 107 cm³/mol. The second kappa shape index (κ2) is 9.31. The maximum absolute atomic E-state index is 12.7. The Labute approximate surface area is 161 Å². The molecule has 2 aromatic rings. The number of methoxy groups -OCH3 is 2. The van der Waals surface area contributed by atoms with Gasteiger partial charge in [-0.05, 0) is 62.1 Å². The molecule has 0 bridgehead atoms. The first kappa shape index (κ1) is 20.6. The van der Waals surface area contributed by atoms with Gasteiger partial charge in [0.25, 0.3) is 5.91 Å². The van der Waals surface area contributed by atoms with Gasteiger partial charge in [0.15, 0.2) is 17.6 Å². The molecule has 0 aliphatic rings. The lowest BCUT2D eigenvalue weighted by atomic mass is 10.1. The highest BCUT2D eigenvalue weighted by molar-refractivity contribution is 5.81. The first-order chi connectivity index (χ1) is 12.9. The van der Waals surface area contributed by atoms with E-state index < -0.39 is 6.10 Å². The first-order valence-corrected chi connectivity index (χ1v) is 9.16. The molecule has 0 unspecified atom stereocenters. The van der Waals surface area contributed by atoms with Gasteiger partial charge in [0.05, 0.1) is 20.3 Å². The smallest absolute Gasteiger partial charge is 0.261 e. The summed E-state index contributed by atoms with van der Waals surface area (Å²) >= 11 is 0. The number of carbonyl (C=O) groups is 1. The molecule has 0 aromatic heterocycles. The number of ether oxygens (including phenoxy) is 3. The lowest BCUT2D eigenvalue weighted by molar-refractivity contribution is -0.128. The third kappa shape index (κ3) is 4.94. The minimum Gasteiger partial charge on any atom is -0.493 e. The number of hydrogen-bond donors (Lipinski definition) is 1. The van der Waals surface area contributed by atoms with Crippen LogP contribution in [0.15, 0.2) is 36.4 Å². The van der Waals surface area contributed by atoms with E-state index in [0.29, 0.717) is 17.9 Å². The van der Waals surface area contributed by atoms with Crippen LogP contribution in [0.5, 0.6) is 17.2 Å². The molecule has 2 atom stereocenters. The summed E-state index contributed by atoms with van der Waals surface area (Å²) in [4.78, 5) is 12.7. The van der Waals surface area contributed by atoms with Crippen molar-refractivity contribution in [3.8, 4) is 17.2 Å². The largest absolute Gasteiger partial charge is 0.493 e. The molecule has 27 heavy (non-hydrogen) atoms. The predicted octanol–water partition coefficient (Wildman–Crippen LogP) is 4.36. The van der Waals surface area contributed by atoms with E-state index in [9.17, 15) is 4.79 Å². The van der Waals surface area contributed by atoms with Crippen molar-refractivity contribution in [3.63, 3.8) is 0 Å². The van der Waals surface area contributed by atoms with Gasteiger partial charge in [-0.25, -0.2) is 0 Å². The maximum atomic E-state index is 12.7. The number of hydrogen-bond acceptors (Lipinski definition) is 4. The Morgan fingerprint density at radius 2 is 1.74 bits per heavy atom. The Bertz CT molecular complexity index is 788. The zero-order valence-electron chi connectivity index (χ0n) is 17.0. The summed E-state index contributed by atoms with van der Waals surface area (Å²) in [5.41, 5.74) is 3.13. The lowest BCUT2D eigenvalue weighted by Gasteiger charge is -2.22. The summed E-state index contributed by atoms with van der Waals surface area (Å²) in [5.74, 6) is 1.90. The molecule has 0 fully saturated rings. The molecule has 0 aliphatic heterocycles. The quantitative estimate of drug-likeness (QED) is 0.749. The molecule has 0 spiro atoms. The lowest BCUT2D eigenvalue weighted by Crippen LogP contribution is -2.39. The molecule has 146 valence electrons. The Hall–Kier alpha value is -2.69. The van der Waals surface area contributed by atoms with Gasteiger partial charge in [0.2, 0.25) is 0 Å². The first-order valence-electron chi connectivity index (χ1n) is 9.16. The molecule has 2 aromatic carbocycles. The van der Waals surface area contributed by atoms with Gasteiger partial charge < -0.3 is 19.5 Å². The highest BCUT2D eigenvalue weighted by Crippen LogP contribution is 2.30. The topological polar surface area (TPSA) is 56.8 Å². The SMILES string of the molecule is CC[C@H](Oc1cccc(C)c1C)C(=O)N[C@H](C)c1ccc(OC)c(OC)c1. The van der Waals surface area contributed by atoms with Crippen LogP contribution in [0.1, 0.15) is 43.0 Å². The van der Waals surface area contributed by atoms with Crippen molar-refractivity contribution in [1.82, 2.24) is 5.32 Å². The molecule has 5 heteroatoms. The second-order valence-corrected chi connectivity index (χ2v) is 6.56. The standard InChI is InChI=1S/C22H29NO4/c1-7-18(27-19-10-8-9-14(2)15(19)3)22(24)23-16(4)17-11-12-20(25-5)21(13-17)26-6/h8-13,16,18H,7H2,1-6H3,(H,23,24)/t16-,18+/m1/s1. The molecule has 5 nitrogen and oxygen atoms in total. The average molecular weight is 371 g/mol. The van der Waals surface area contributed by atoms with Gasteiger partial charge in [-0.15, -0.1) is 0 Å². The van der Waals surface area contributed by atoms with Crippen molar-refractivity contribution in [3.05, 3.63) is 53.1 Å². The second-order valence-electron chi connectivity index (χ2n) is 6.56. The summed E-state index contributed by atoms with van der Waals surface area (Å²) in [6.45, 7) is 7.91. The van der Waals surface area contributed by atoms with Crippen molar-refractivity contribution < 1.29 is 19.0 Å². The van der Waals surface area contributed by atoms with Crippen LogP contribution >= 0.6 is 0 Å². The van der Waals surface area contributed by atoms with E-state index in [-0.39, 0.29) is 11.9 Å². The number of amides is 1. The molecule has 0 radical (unpaired) electrons. The zero-order valence-corrected chi connectivity index (χ0v) is 17.0. The van der Waals surface area contributed by atoms with E-state index in [0.717, 1.165) is 22.4 Å². The van der Waals surface area contributed by atoms with Crippen LogP contribution in [0.3, 0.4) is 0 Å². The molecular weight excluding hydrogens is 342 g/mol. The Morgan fingerprint density at radius 3 is 2.37 bits per heavy atom. The summed E-state index contributed by atoms with van der Waals surface area (Å²) in [6.07, 6.45) is 0.0332. The molecule has 0 saturated carbocycles. The molecule has 0 heterocycles. The Balaban J connectivity index is 2.10. The molecule has 0 saturated heterocycles. The number of carbonyl (C=O) groups excluding carboxylic acids is 1. The van der Waals surface area contributed by atoms with Crippen LogP contribution in [0.2, 0.25) is 0 Å². The van der Waals surface area contributed by atoms with E-state index >= 15 is 0 Å². The molecule has 2 rings (SSSR count). The molecular formula is C22H29NO4. The third-order valence-electron chi connectivity index (χ3n) is 4.75. The zero-order chi connectivity index (χ0) is 20.0. The number of nitrogens with one attached hydrogen (secondary N) is 1. The van der Waals surface area contributed by atoms with Crippen molar-refractivity contribution in [2.24, 2.45) is 0 Å². The van der Waals surface area contributed by atoms with E-state index in [1.807, 2.05) is 64.1 Å². The molecule has 1 N–H and O–H groups in total. The van der Waals surface area contributed by atoms with Gasteiger partial charge in [-0.3, -0.25) is 4.79 Å². The Kier molecular flexibility index (Phi) is 7.11. The third-order valence-corrected chi connectivity index (χ3v) is 4.75. The van der Waals surface area contributed by atoms with E-state index in [1.165, 1.54) is 0 Å². The van der Waals surface area contributed by atoms with Crippen LogP contribution in [-0.4, -0.2) is 26.2 Å². The van der Waals surface area contributed by atoms with Crippen molar-refractivity contribution >= 4 is 5.91 Å². The molecule has 1 amide bonds. The normalized spacial score (nSPS) is 12.8. The monoisotopic (exact) mass is 371 g/mol. The van der Waals surface area contributed by atoms with Crippen LogP contribution in [0, 0.1) is 13.8 Å². The highest BCUT2D eigenvalue weighted by Gasteiger charge is 2.22. The summed E-state index contributed by atoms with van der Waals surface area (Å²) in [6, 6.07) is 11.3. The van der Waals surface area contributed by atoms with Gasteiger partial charge >= 0.3 is 0 Å². The number of benzene rings is 2. The fourth-order valence-corrected chi connectivity index (χ4v) is 2.84. The summed E-state index contributed by atoms with van der Waals surface area (Å²) < 4.78 is 16.6. The van der Waals surface area contributed by atoms with Crippen molar-refractivity contribution in [2.75, 3.05) is 14.2 Å². The number of aryl methyl sites for hydroxylation is 1. The van der Waals surface area contributed by atoms with Gasteiger partial charge in [-0.1, -0.05) is 25.1 Å². The fourth-order valence-electron chi connectivity index (χ4n) is 2.84.